The van der Waals surface area contributed by atoms with Crippen LogP contribution in [0.15, 0.2) is 54.6 Å². The maximum Gasteiger partial charge on any atom is 0.316 e. The molecule has 0 bridgehead atoms. The van der Waals surface area contributed by atoms with Crippen LogP contribution in [0.3, 0.4) is 0 Å². The number of carbonyl (C=O) groups is 1. The fraction of sp³-hybridized carbons (Fsp3) is 0.235. The van der Waals surface area contributed by atoms with Crippen molar-refractivity contribution in [3.63, 3.8) is 0 Å². The first-order chi connectivity index (χ1) is 9.68. The first-order valence-corrected chi connectivity index (χ1v) is 6.95. The van der Waals surface area contributed by atoms with E-state index in [1.54, 1.807) is 0 Å². The van der Waals surface area contributed by atoms with Crippen LogP contribution >= 0.6 is 11.6 Å². The summed E-state index contributed by atoms with van der Waals surface area (Å²) in [5, 5.41) is 0.672. The first-order valence-electron chi connectivity index (χ1n) is 6.58. The van der Waals surface area contributed by atoms with Gasteiger partial charge in [0.15, 0.2) is 0 Å². The third kappa shape index (κ3) is 2.01. The number of benzene rings is 2. The van der Waals surface area contributed by atoms with Gasteiger partial charge in [-0.2, -0.15) is 0 Å². The SMILES string of the molecule is COC(=O)[C@@]1(c2ccc(Cl)cc2)C[C@@H]1c1ccccc1. The number of carbonyl (C=O) groups excluding carboxylic acids is 1. The quantitative estimate of drug-likeness (QED) is 0.799. The summed E-state index contributed by atoms with van der Waals surface area (Å²) in [6.07, 6.45) is 0.783. The van der Waals surface area contributed by atoms with Crippen LogP contribution < -0.4 is 0 Å². The highest BCUT2D eigenvalue weighted by molar-refractivity contribution is 6.30. The van der Waals surface area contributed by atoms with Gasteiger partial charge in [0.05, 0.1) is 7.11 Å². The molecule has 0 N–H and O–H groups in total. The Morgan fingerprint density at radius 2 is 1.80 bits per heavy atom. The minimum absolute atomic E-state index is 0.173. The van der Waals surface area contributed by atoms with E-state index in [-0.39, 0.29) is 11.9 Å². The van der Waals surface area contributed by atoms with Crippen LogP contribution in [-0.4, -0.2) is 13.1 Å². The number of esters is 1. The topological polar surface area (TPSA) is 26.3 Å². The van der Waals surface area contributed by atoms with Crippen molar-refractivity contribution >= 4 is 17.6 Å². The average molecular weight is 287 g/mol. The lowest BCUT2D eigenvalue weighted by Crippen LogP contribution is -2.24. The van der Waals surface area contributed by atoms with Crippen molar-refractivity contribution in [3.8, 4) is 0 Å². The fourth-order valence-corrected chi connectivity index (χ4v) is 3.07. The summed E-state index contributed by atoms with van der Waals surface area (Å²) in [5.41, 5.74) is 1.59. The number of ether oxygens (including phenoxy) is 1. The molecular weight excluding hydrogens is 272 g/mol. The molecule has 0 amide bonds. The van der Waals surface area contributed by atoms with Crippen molar-refractivity contribution < 1.29 is 9.53 Å². The molecule has 0 heterocycles. The van der Waals surface area contributed by atoms with Crippen LogP contribution in [0.5, 0.6) is 0 Å². The van der Waals surface area contributed by atoms with Crippen molar-refractivity contribution in [2.75, 3.05) is 7.11 Å². The van der Waals surface area contributed by atoms with E-state index in [4.69, 9.17) is 16.3 Å². The van der Waals surface area contributed by atoms with Gasteiger partial charge in [-0.1, -0.05) is 54.1 Å². The molecule has 0 aliphatic heterocycles. The molecule has 0 unspecified atom stereocenters. The lowest BCUT2D eigenvalue weighted by Gasteiger charge is -2.16. The maximum atomic E-state index is 12.3. The maximum absolute atomic E-state index is 12.3. The zero-order chi connectivity index (χ0) is 14.2. The molecule has 2 aromatic rings. The summed E-state index contributed by atoms with van der Waals surface area (Å²) in [7, 11) is 1.44. The lowest BCUT2D eigenvalue weighted by atomic mass is 9.91. The number of rotatable bonds is 3. The van der Waals surface area contributed by atoms with Crippen molar-refractivity contribution in [2.45, 2.75) is 17.8 Å². The zero-order valence-electron chi connectivity index (χ0n) is 11.2. The van der Waals surface area contributed by atoms with Gasteiger partial charge in [0, 0.05) is 10.9 Å². The summed E-state index contributed by atoms with van der Waals surface area (Å²) < 4.78 is 5.04. The van der Waals surface area contributed by atoms with E-state index >= 15 is 0 Å². The van der Waals surface area contributed by atoms with E-state index in [1.165, 1.54) is 12.7 Å². The second-order valence-electron chi connectivity index (χ2n) is 5.14. The second-order valence-corrected chi connectivity index (χ2v) is 5.57. The van der Waals surface area contributed by atoms with Gasteiger partial charge in [-0.3, -0.25) is 4.79 Å². The Morgan fingerprint density at radius 1 is 1.15 bits per heavy atom. The summed E-state index contributed by atoms with van der Waals surface area (Å²) in [6.45, 7) is 0. The van der Waals surface area contributed by atoms with Crippen LogP contribution in [0.1, 0.15) is 23.5 Å². The van der Waals surface area contributed by atoms with E-state index in [2.05, 4.69) is 12.1 Å². The minimum Gasteiger partial charge on any atom is -0.468 e. The van der Waals surface area contributed by atoms with Gasteiger partial charge >= 0.3 is 5.97 Å². The largest absolute Gasteiger partial charge is 0.468 e. The van der Waals surface area contributed by atoms with Gasteiger partial charge in [-0.25, -0.2) is 0 Å². The minimum atomic E-state index is -0.555. The van der Waals surface area contributed by atoms with Crippen molar-refractivity contribution in [3.05, 3.63) is 70.7 Å². The smallest absolute Gasteiger partial charge is 0.316 e. The van der Waals surface area contributed by atoms with E-state index in [0.29, 0.717) is 5.02 Å². The molecule has 0 radical (unpaired) electrons. The Morgan fingerprint density at radius 3 is 2.40 bits per heavy atom. The van der Waals surface area contributed by atoms with E-state index in [1.807, 2.05) is 42.5 Å². The highest BCUT2D eigenvalue weighted by Crippen LogP contribution is 2.61. The highest BCUT2D eigenvalue weighted by atomic mass is 35.5. The van der Waals surface area contributed by atoms with E-state index in [9.17, 15) is 4.79 Å². The summed E-state index contributed by atoms with van der Waals surface area (Å²) >= 11 is 5.93. The summed E-state index contributed by atoms with van der Waals surface area (Å²) in [6, 6.07) is 17.6. The van der Waals surface area contributed by atoms with Gasteiger partial charge in [0.1, 0.15) is 5.41 Å². The average Bonchev–Trinajstić information content (AvgIpc) is 3.25. The fourth-order valence-electron chi connectivity index (χ4n) is 2.94. The molecule has 1 aliphatic carbocycles. The number of hydrogen-bond donors (Lipinski definition) is 0. The second kappa shape index (κ2) is 4.95. The third-order valence-electron chi connectivity index (χ3n) is 4.07. The molecule has 2 atom stereocenters. The molecule has 1 fully saturated rings. The summed E-state index contributed by atoms with van der Waals surface area (Å²) in [4.78, 5) is 12.3. The predicted molar refractivity (Wildman–Crippen MR) is 78.9 cm³/mol. The van der Waals surface area contributed by atoms with E-state index in [0.717, 1.165) is 12.0 Å². The molecule has 0 spiro atoms. The molecule has 1 saturated carbocycles. The summed E-state index contributed by atoms with van der Waals surface area (Å²) in [5.74, 6) is 0.00556. The zero-order valence-corrected chi connectivity index (χ0v) is 11.9. The Hall–Kier alpha value is -1.80. The van der Waals surface area contributed by atoms with Crippen molar-refractivity contribution in [1.82, 2.24) is 0 Å². The number of hydrogen-bond acceptors (Lipinski definition) is 2. The van der Waals surface area contributed by atoms with Gasteiger partial charge in [0.25, 0.3) is 0 Å². The number of halogens is 1. The van der Waals surface area contributed by atoms with Gasteiger partial charge in [-0.15, -0.1) is 0 Å². The van der Waals surface area contributed by atoms with Crippen LogP contribution in [0.4, 0.5) is 0 Å². The standard InChI is InChI=1S/C17H15ClO2/c1-20-16(19)17(13-7-9-14(18)10-8-13)11-15(17)12-5-3-2-4-6-12/h2-10,15H,11H2,1H3/t15-,17-/m1/s1. The van der Waals surface area contributed by atoms with Gasteiger partial charge < -0.3 is 4.74 Å². The molecule has 2 aromatic carbocycles. The lowest BCUT2D eigenvalue weighted by molar-refractivity contribution is -0.143. The Balaban J connectivity index is 2.01. The predicted octanol–water partition coefficient (Wildman–Crippen LogP) is 3.94. The molecule has 1 aliphatic rings. The molecule has 3 rings (SSSR count). The number of methoxy groups -OCH3 is 1. The first kappa shape index (κ1) is 13.2. The molecule has 102 valence electrons. The normalized spacial score (nSPS) is 24.2. The van der Waals surface area contributed by atoms with Crippen LogP contribution in [0.25, 0.3) is 0 Å². The van der Waals surface area contributed by atoms with Crippen LogP contribution in [0.2, 0.25) is 5.02 Å². The molecule has 0 saturated heterocycles. The third-order valence-corrected chi connectivity index (χ3v) is 4.32. The van der Waals surface area contributed by atoms with Gasteiger partial charge in [-0.05, 0) is 29.7 Å². The molecule has 20 heavy (non-hydrogen) atoms. The highest BCUT2D eigenvalue weighted by Gasteiger charge is 2.62. The van der Waals surface area contributed by atoms with Crippen molar-refractivity contribution in [1.29, 1.82) is 0 Å². The molecular formula is C17H15ClO2. The van der Waals surface area contributed by atoms with Gasteiger partial charge in [0.2, 0.25) is 0 Å². The molecule has 2 nitrogen and oxygen atoms in total. The monoisotopic (exact) mass is 286 g/mol. The van der Waals surface area contributed by atoms with Crippen LogP contribution in [-0.2, 0) is 14.9 Å². The van der Waals surface area contributed by atoms with E-state index < -0.39 is 5.41 Å². The molecule has 3 heteroatoms. The van der Waals surface area contributed by atoms with Crippen molar-refractivity contribution in [2.24, 2.45) is 0 Å². The Bertz CT molecular complexity index is 621. The Labute approximate surface area is 123 Å². The van der Waals surface area contributed by atoms with Crippen LogP contribution in [0, 0.1) is 0 Å². The Kier molecular flexibility index (Phi) is 3.27. The molecule has 0 aromatic heterocycles.